The Morgan fingerprint density at radius 3 is 2.57 bits per heavy atom. The second-order valence-electron chi connectivity index (χ2n) is 3.44. The van der Waals surface area contributed by atoms with E-state index in [4.69, 9.17) is 11.6 Å². The average molecular weight is 213 g/mol. The van der Waals surface area contributed by atoms with Gasteiger partial charge in [0, 0.05) is 11.3 Å². The largest absolute Gasteiger partial charge is 0.241 e. The summed E-state index contributed by atoms with van der Waals surface area (Å²) < 4.78 is 0. The Hall–Kier alpha value is -0.630. The Balaban J connectivity index is 2.83. The van der Waals surface area contributed by atoms with Crippen LogP contribution in [-0.4, -0.2) is 9.97 Å². The fourth-order valence-corrected chi connectivity index (χ4v) is 1.73. The van der Waals surface area contributed by atoms with E-state index in [0.717, 1.165) is 30.5 Å². The number of hydrogen-bond acceptors (Lipinski definition) is 2. The van der Waals surface area contributed by atoms with Crippen LogP contribution in [0.1, 0.15) is 44.4 Å². The van der Waals surface area contributed by atoms with Crippen LogP contribution in [0.15, 0.2) is 6.33 Å². The van der Waals surface area contributed by atoms with Crippen LogP contribution in [0, 0.1) is 0 Å². The molecule has 2 nitrogen and oxygen atoms in total. The summed E-state index contributed by atoms with van der Waals surface area (Å²) in [6.45, 7) is 4.33. The molecule has 0 atom stereocenters. The summed E-state index contributed by atoms with van der Waals surface area (Å²) in [7, 11) is 0. The molecule has 0 saturated heterocycles. The molecule has 0 aliphatic heterocycles. The molecule has 1 aromatic rings. The molecule has 0 saturated carbocycles. The van der Waals surface area contributed by atoms with Gasteiger partial charge in [0.25, 0.3) is 0 Å². The molecule has 1 rings (SSSR count). The Labute approximate surface area is 90.7 Å². The molecule has 0 bridgehead atoms. The third kappa shape index (κ3) is 2.95. The Kier molecular flexibility index (Phi) is 4.88. The van der Waals surface area contributed by atoms with Gasteiger partial charge in [0.1, 0.15) is 11.5 Å². The second kappa shape index (κ2) is 5.97. The zero-order chi connectivity index (χ0) is 10.4. The molecule has 0 N–H and O–H groups in total. The Morgan fingerprint density at radius 2 is 1.93 bits per heavy atom. The first-order valence-electron chi connectivity index (χ1n) is 5.27. The van der Waals surface area contributed by atoms with Gasteiger partial charge in [-0.25, -0.2) is 9.97 Å². The summed E-state index contributed by atoms with van der Waals surface area (Å²) in [5, 5.41) is 0.632. The summed E-state index contributed by atoms with van der Waals surface area (Å²) in [5.41, 5.74) is 2.28. The molecule has 0 unspecified atom stereocenters. The molecular formula is C11H17ClN2. The molecule has 0 spiro atoms. The minimum Gasteiger partial charge on any atom is -0.241 e. The fourth-order valence-electron chi connectivity index (χ4n) is 1.48. The molecule has 0 amide bonds. The van der Waals surface area contributed by atoms with E-state index in [0.29, 0.717) is 5.15 Å². The first-order chi connectivity index (χ1) is 6.79. The van der Waals surface area contributed by atoms with E-state index in [-0.39, 0.29) is 0 Å². The maximum Gasteiger partial charge on any atom is 0.135 e. The summed E-state index contributed by atoms with van der Waals surface area (Å²) in [6.07, 6.45) is 7.02. The van der Waals surface area contributed by atoms with Gasteiger partial charge in [0.15, 0.2) is 0 Å². The highest BCUT2D eigenvalue weighted by Crippen LogP contribution is 2.18. The van der Waals surface area contributed by atoms with Gasteiger partial charge in [-0.15, -0.1) is 0 Å². The van der Waals surface area contributed by atoms with E-state index < -0.39 is 0 Å². The normalized spacial score (nSPS) is 10.5. The van der Waals surface area contributed by atoms with Crippen LogP contribution in [0.4, 0.5) is 0 Å². The molecule has 0 radical (unpaired) electrons. The summed E-state index contributed by atoms with van der Waals surface area (Å²) in [5.74, 6) is 0. The van der Waals surface area contributed by atoms with Crippen molar-refractivity contribution in [3.63, 3.8) is 0 Å². The van der Waals surface area contributed by atoms with Crippen molar-refractivity contribution in [3.8, 4) is 0 Å². The van der Waals surface area contributed by atoms with Crippen LogP contribution in [0.3, 0.4) is 0 Å². The number of aromatic nitrogens is 2. The first kappa shape index (κ1) is 11.4. The molecule has 3 heteroatoms. The first-order valence-corrected chi connectivity index (χ1v) is 5.65. The van der Waals surface area contributed by atoms with Crippen LogP contribution in [0.2, 0.25) is 5.15 Å². The summed E-state index contributed by atoms with van der Waals surface area (Å²) >= 11 is 6.04. The minimum absolute atomic E-state index is 0.632. The lowest BCUT2D eigenvalue weighted by Crippen LogP contribution is -2.00. The van der Waals surface area contributed by atoms with Crippen LogP contribution < -0.4 is 0 Å². The Morgan fingerprint density at radius 1 is 1.14 bits per heavy atom. The van der Waals surface area contributed by atoms with Crippen LogP contribution in [0.25, 0.3) is 0 Å². The van der Waals surface area contributed by atoms with E-state index in [9.17, 15) is 0 Å². The molecule has 1 heterocycles. The smallest absolute Gasteiger partial charge is 0.135 e. The zero-order valence-electron chi connectivity index (χ0n) is 8.89. The predicted octanol–water partition coefficient (Wildman–Crippen LogP) is 3.43. The van der Waals surface area contributed by atoms with Crippen LogP contribution >= 0.6 is 11.6 Å². The Bertz CT molecular complexity index is 287. The quantitative estimate of drug-likeness (QED) is 0.699. The molecule has 14 heavy (non-hydrogen) atoms. The SMILES string of the molecule is CCCCc1ncnc(Cl)c1CCC. The summed E-state index contributed by atoms with van der Waals surface area (Å²) in [6, 6.07) is 0. The van der Waals surface area contributed by atoms with E-state index in [1.807, 2.05) is 0 Å². The van der Waals surface area contributed by atoms with Gasteiger partial charge in [0.05, 0.1) is 0 Å². The van der Waals surface area contributed by atoms with E-state index in [2.05, 4.69) is 23.8 Å². The number of rotatable bonds is 5. The van der Waals surface area contributed by atoms with Crippen molar-refractivity contribution in [1.29, 1.82) is 0 Å². The van der Waals surface area contributed by atoms with Gasteiger partial charge >= 0.3 is 0 Å². The molecule has 78 valence electrons. The topological polar surface area (TPSA) is 25.8 Å². The number of aryl methyl sites for hydroxylation is 1. The predicted molar refractivity (Wildman–Crippen MR) is 59.6 cm³/mol. The van der Waals surface area contributed by atoms with Crippen molar-refractivity contribution in [3.05, 3.63) is 22.7 Å². The number of nitrogens with zero attached hydrogens (tertiary/aromatic N) is 2. The highest BCUT2D eigenvalue weighted by Gasteiger charge is 2.07. The van der Waals surface area contributed by atoms with E-state index >= 15 is 0 Å². The van der Waals surface area contributed by atoms with Crippen LogP contribution in [-0.2, 0) is 12.8 Å². The van der Waals surface area contributed by atoms with Crippen molar-refractivity contribution in [2.24, 2.45) is 0 Å². The maximum absolute atomic E-state index is 6.04. The van der Waals surface area contributed by atoms with Gasteiger partial charge < -0.3 is 0 Å². The second-order valence-corrected chi connectivity index (χ2v) is 3.80. The van der Waals surface area contributed by atoms with Gasteiger partial charge in [-0.2, -0.15) is 0 Å². The van der Waals surface area contributed by atoms with Crippen molar-refractivity contribution in [1.82, 2.24) is 9.97 Å². The third-order valence-electron chi connectivity index (χ3n) is 2.25. The molecule has 0 fully saturated rings. The number of unbranched alkanes of at least 4 members (excludes halogenated alkanes) is 1. The lowest BCUT2D eigenvalue weighted by atomic mass is 10.1. The highest BCUT2D eigenvalue weighted by atomic mass is 35.5. The van der Waals surface area contributed by atoms with Crippen LogP contribution in [0.5, 0.6) is 0 Å². The van der Waals surface area contributed by atoms with E-state index in [1.54, 1.807) is 6.33 Å². The zero-order valence-corrected chi connectivity index (χ0v) is 9.64. The lowest BCUT2D eigenvalue weighted by Gasteiger charge is -2.07. The molecule has 0 aromatic carbocycles. The van der Waals surface area contributed by atoms with Gasteiger partial charge in [-0.05, 0) is 19.3 Å². The highest BCUT2D eigenvalue weighted by molar-refractivity contribution is 6.30. The average Bonchev–Trinajstić information content (AvgIpc) is 2.19. The number of halogens is 1. The minimum atomic E-state index is 0.632. The standard InChI is InChI=1S/C11H17ClN2/c1-3-5-7-10-9(6-4-2)11(12)14-8-13-10/h8H,3-7H2,1-2H3. The fraction of sp³-hybridized carbons (Fsp3) is 0.636. The monoisotopic (exact) mass is 212 g/mol. The number of hydrogen-bond donors (Lipinski definition) is 0. The van der Waals surface area contributed by atoms with Crippen molar-refractivity contribution >= 4 is 11.6 Å². The third-order valence-corrected chi connectivity index (χ3v) is 2.57. The maximum atomic E-state index is 6.04. The molecule has 0 aliphatic carbocycles. The summed E-state index contributed by atoms with van der Waals surface area (Å²) in [4.78, 5) is 8.32. The van der Waals surface area contributed by atoms with Gasteiger partial charge in [-0.1, -0.05) is 38.3 Å². The van der Waals surface area contributed by atoms with Gasteiger partial charge in [-0.3, -0.25) is 0 Å². The molecule has 0 aliphatic rings. The van der Waals surface area contributed by atoms with Crippen molar-refractivity contribution in [2.75, 3.05) is 0 Å². The lowest BCUT2D eigenvalue weighted by molar-refractivity contribution is 0.753. The van der Waals surface area contributed by atoms with E-state index in [1.165, 1.54) is 12.8 Å². The van der Waals surface area contributed by atoms with Crippen molar-refractivity contribution < 1.29 is 0 Å². The van der Waals surface area contributed by atoms with Crippen molar-refractivity contribution in [2.45, 2.75) is 46.0 Å². The molecular weight excluding hydrogens is 196 g/mol. The van der Waals surface area contributed by atoms with Gasteiger partial charge in [0.2, 0.25) is 0 Å². The molecule has 1 aromatic heterocycles.